The van der Waals surface area contributed by atoms with Gasteiger partial charge in [-0.25, -0.2) is 4.39 Å². The maximum Gasteiger partial charge on any atom is 0.225 e. The summed E-state index contributed by atoms with van der Waals surface area (Å²) in [7, 11) is 0. The molecule has 1 heterocycles. The van der Waals surface area contributed by atoms with Gasteiger partial charge in [-0.1, -0.05) is 32.0 Å². The number of benzene rings is 1. The van der Waals surface area contributed by atoms with Crippen molar-refractivity contribution in [3.63, 3.8) is 0 Å². The van der Waals surface area contributed by atoms with E-state index in [1.165, 1.54) is 6.07 Å². The minimum atomic E-state index is -0.174. The second kappa shape index (κ2) is 8.28. The summed E-state index contributed by atoms with van der Waals surface area (Å²) >= 11 is 0. The SMILES string of the molecule is CCCN(C(=O)C(C)CCc1ccccc1F)C1CCNC1. The number of halogens is 1. The minimum absolute atomic E-state index is 0.0632. The molecule has 2 unspecified atom stereocenters. The number of carbonyl (C=O) groups excluding carboxylic acids is 1. The van der Waals surface area contributed by atoms with Crippen LogP contribution in [0, 0.1) is 11.7 Å². The average molecular weight is 306 g/mol. The van der Waals surface area contributed by atoms with Gasteiger partial charge in [0.05, 0.1) is 0 Å². The number of nitrogens with one attached hydrogen (secondary N) is 1. The Morgan fingerprint density at radius 1 is 1.45 bits per heavy atom. The summed E-state index contributed by atoms with van der Waals surface area (Å²) in [5, 5.41) is 3.33. The minimum Gasteiger partial charge on any atom is -0.338 e. The van der Waals surface area contributed by atoms with Crippen LogP contribution in [0.5, 0.6) is 0 Å². The molecule has 22 heavy (non-hydrogen) atoms. The zero-order valence-electron chi connectivity index (χ0n) is 13.6. The quantitative estimate of drug-likeness (QED) is 0.840. The number of nitrogens with zero attached hydrogens (tertiary/aromatic N) is 1. The Morgan fingerprint density at radius 3 is 2.86 bits per heavy atom. The summed E-state index contributed by atoms with van der Waals surface area (Å²) in [5.41, 5.74) is 0.701. The zero-order valence-corrected chi connectivity index (χ0v) is 13.6. The molecule has 0 radical (unpaired) electrons. The van der Waals surface area contributed by atoms with Crippen molar-refractivity contribution in [1.29, 1.82) is 0 Å². The van der Waals surface area contributed by atoms with Crippen LogP contribution in [0.15, 0.2) is 24.3 Å². The fourth-order valence-electron chi connectivity index (χ4n) is 3.10. The van der Waals surface area contributed by atoms with Crippen molar-refractivity contribution >= 4 is 5.91 Å². The fourth-order valence-corrected chi connectivity index (χ4v) is 3.10. The topological polar surface area (TPSA) is 32.3 Å². The second-order valence-corrected chi connectivity index (χ2v) is 6.21. The molecule has 1 aliphatic rings. The van der Waals surface area contributed by atoms with Crippen LogP contribution in [0.1, 0.15) is 38.7 Å². The highest BCUT2D eigenvalue weighted by Crippen LogP contribution is 2.18. The van der Waals surface area contributed by atoms with E-state index in [4.69, 9.17) is 0 Å². The second-order valence-electron chi connectivity index (χ2n) is 6.21. The normalized spacial score (nSPS) is 19.1. The highest BCUT2D eigenvalue weighted by molar-refractivity contribution is 5.79. The highest BCUT2D eigenvalue weighted by atomic mass is 19.1. The van der Waals surface area contributed by atoms with Gasteiger partial charge < -0.3 is 10.2 Å². The van der Waals surface area contributed by atoms with Crippen LogP contribution in [0.3, 0.4) is 0 Å². The van der Waals surface area contributed by atoms with Gasteiger partial charge in [0.1, 0.15) is 5.82 Å². The summed E-state index contributed by atoms with van der Waals surface area (Å²) in [6.45, 7) is 6.77. The average Bonchev–Trinajstić information content (AvgIpc) is 3.05. The summed E-state index contributed by atoms with van der Waals surface area (Å²) in [6.07, 6.45) is 3.32. The van der Waals surface area contributed by atoms with Crippen molar-refractivity contribution in [3.8, 4) is 0 Å². The van der Waals surface area contributed by atoms with Crippen molar-refractivity contribution in [1.82, 2.24) is 10.2 Å². The molecule has 1 aliphatic heterocycles. The van der Waals surface area contributed by atoms with Gasteiger partial charge in [0.25, 0.3) is 0 Å². The molecule has 0 saturated carbocycles. The van der Waals surface area contributed by atoms with Gasteiger partial charge in [-0.05, 0) is 43.9 Å². The standard InChI is InChI=1S/C18H27FN2O/c1-3-12-21(16-10-11-20-13-16)18(22)14(2)8-9-15-6-4-5-7-17(15)19/h4-7,14,16,20H,3,8-13H2,1-2H3. The lowest BCUT2D eigenvalue weighted by Gasteiger charge is -2.31. The maximum atomic E-state index is 13.7. The summed E-state index contributed by atoms with van der Waals surface area (Å²) in [6, 6.07) is 7.15. The largest absolute Gasteiger partial charge is 0.338 e. The van der Waals surface area contributed by atoms with Crippen molar-refractivity contribution in [2.75, 3.05) is 19.6 Å². The summed E-state index contributed by atoms with van der Waals surface area (Å²) in [4.78, 5) is 14.8. The number of hydrogen-bond donors (Lipinski definition) is 1. The first-order valence-corrected chi connectivity index (χ1v) is 8.38. The lowest BCUT2D eigenvalue weighted by atomic mass is 9.98. The van der Waals surface area contributed by atoms with Gasteiger partial charge in [-0.3, -0.25) is 4.79 Å². The van der Waals surface area contributed by atoms with Crippen LogP contribution in [0.25, 0.3) is 0 Å². The smallest absolute Gasteiger partial charge is 0.225 e. The Hall–Kier alpha value is -1.42. The fraction of sp³-hybridized carbons (Fsp3) is 0.611. The molecule has 4 heteroatoms. The van der Waals surface area contributed by atoms with Crippen molar-refractivity contribution in [2.24, 2.45) is 5.92 Å². The van der Waals surface area contributed by atoms with Gasteiger partial charge in [0.15, 0.2) is 0 Å². The Balaban J connectivity index is 1.93. The summed E-state index contributed by atoms with van der Waals surface area (Å²) < 4.78 is 13.7. The zero-order chi connectivity index (χ0) is 15.9. The first-order valence-electron chi connectivity index (χ1n) is 8.38. The molecular formula is C18H27FN2O. The molecule has 1 aromatic carbocycles. The van der Waals surface area contributed by atoms with E-state index in [2.05, 4.69) is 12.2 Å². The van der Waals surface area contributed by atoms with Crippen LogP contribution in [0.4, 0.5) is 4.39 Å². The molecule has 2 rings (SSSR count). The maximum absolute atomic E-state index is 13.7. The molecular weight excluding hydrogens is 279 g/mol. The Labute approximate surface area is 132 Å². The number of amides is 1. The van der Waals surface area contributed by atoms with Crippen molar-refractivity contribution < 1.29 is 9.18 Å². The molecule has 1 saturated heterocycles. The molecule has 1 N–H and O–H groups in total. The van der Waals surface area contributed by atoms with Crippen LogP contribution in [0.2, 0.25) is 0 Å². The molecule has 122 valence electrons. The van der Waals surface area contributed by atoms with Crippen molar-refractivity contribution in [2.45, 2.75) is 45.6 Å². The van der Waals surface area contributed by atoms with E-state index in [-0.39, 0.29) is 17.6 Å². The molecule has 3 nitrogen and oxygen atoms in total. The van der Waals surface area contributed by atoms with Gasteiger partial charge in [0.2, 0.25) is 5.91 Å². The highest BCUT2D eigenvalue weighted by Gasteiger charge is 2.28. The van der Waals surface area contributed by atoms with Crippen LogP contribution in [-0.2, 0) is 11.2 Å². The Bertz CT molecular complexity index is 486. The van der Waals surface area contributed by atoms with E-state index in [1.54, 1.807) is 12.1 Å². The first-order chi connectivity index (χ1) is 10.6. The van der Waals surface area contributed by atoms with E-state index in [0.717, 1.165) is 32.5 Å². The first kappa shape index (κ1) is 16.9. The van der Waals surface area contributed by atoms with Crippen LogP contribution in [-0.4, -0.2) is 36.5 Å². The molecule has 1 amide bonds. The lowest BCUT2D eigenvalue weighted by Crippen LogP contribution is -2.44. The van der Waals surface area contributed by atoms with Crippen molar-refractivity contribution in [3.05, 3.63) is 35.6 Å². The molecule has 2 atom stereocenters. The lowest BCUT2D eigenvalue weighted by molar-refractivity contribution is -0.137. The van der Waals surface area contributed by atoms with E-state index < -0.39 is 0 Å². The van der Waals surface area contributed by atoms with E-state index in [0.29, 0.717) is 24.4 Å². The third-order valence-electron chi connectivity index (χ3n) is 4.45. The Morgan fingerprint density at radius 2 is 2.23 bits per heavy atom. The van der Waals surface area contributed by atoms with Crippen LogP contribution >= 0.6 is 0 Å². The number of hydrogen-bond acceptors (Lipinski definition) is 2. The molecule has 0 aromatic heterocycles. The van der Waals surface area contributed by atoms with E-state index in [9.17, 15) is 9.18 Å². The van der Waals surface area contributed by atoms with Gasteiger partial charge >= 0.3 is 0 Å². The Kier molecular flexibility index (Phi) is 6.37. The predicted octanol–water partition coefficient (Wildman–Crippen LogP) is 2.99. The molecule has 0 aliphatic carbocycles. The number of aryl methyl sites for hydroxylation is 1. The molecule has 0 spiro atoms. The molecule has 0 bridgehead atoms. The third kappa shape index (κ3) is 4.29. The molecule has 1 aromatic rings. The van der Waals surface area contributed by atoms with Gasteiger partial charge in [0, 0.05) is 25.0 Å². The van der Waals surface area contributed by atoms with Crippen LogP contribution < -0.4 is 5.32 Å². The van der Waals surface area contributed by atoms with E-state index >= 15 is 0 Å². The predicted molar refractivity (Wildman–Crippen MR) is 87.2 cm³/mol. The van der Waals surface area contributed by atoms with Gasteiger partial charge in [-0.15, -0.1) is 0 Å². The van der Waals surface area contributed by atoms with E-state index in [1.807, 2.05) is 17.9 Å². The monoisotopic (exact) mass is 306 g/mol. The summed E-state index contributed by atoms with van der Waals surface area (Å²) in [5.74, 6) is -0.0220. The number of rotatable bonds is 7. The van der Waals surface area contributed by atoms with Gasteiger partial charge in [-0.2, -0.15) is 0 Å². The number of carbonyl (C=O) groups is 1. The third-order valence-corrected chi connectivity index (χ3v) is 4.45. The molecule has 1 fully saturated rings.